The summed E-state index contributed by atoms with van der Waals surface area (Å²) in [5.41, 5.74) is 2.14. The molecule has 1 fully saturated rings. The fourth-order valence-electron chi connectivity index (χ4n) is 3.32. The lowest BCUT2D eigenvalue weighted by molar-refractivity contribution is -0.115. The van der Waals surface area contributed by atoms with Crippen molar-refractivity contribution in [1.29, 1.82) is 0 Å². The smallest absolute Gasteiger partial charge is 0.238 e. The minimum atomic E-state index is -0.451. The van der Waals surface area contributed by atoms with Crippen LogP contribution in [0.2, 0.25) is 10.0 Å². The van der Waals surface area contributed by atoms with Gasteiger partial charge in [0.1, 0.15) is 0 Å². The first-order valence-corrected chi connectivity index (χ1v) is 11.6. The Balaban J connectivity index is 1.58. The summed E-state index contributed by atoms with van der Waals surface area (Å²) < 4.78 is 2.02. The molecule has 0 aliphatic carbocycles. The predicted octanol–water partition coefficient (Wildman–Crippen LogP) is 5.00. The summed E-state index contributed by atoms with van der Waals surface area (Å²) in [6, 6.07) is 9.75. The second-order valence-electron chi connectivity index (χ2n) is 7.38. The van der Waals surface area contributed by atoms with E-state index in [-0.39, 0.29) is 16.7 Å². The van der Waals surface area contributed by atoms with Crippen LogP contribution in [0.5, 0.6) is 0 Å². The number of nitrogens with zero attached hydrogens (tertiary/aromatic N) is 5. The van der Waals surface area contributed by atoms with Gasteiger partial charge in [0.15, 0.2) is 11.0 Å². The first-order chi connectivity index (χ1) is 14.9. The summed E-state index contributed by atoms with van der Waals surface area (Å²) in [4.78, 5) is 19.1. The van der Waals surface area contributed by atoms with E-state index in [0.717, 1.165) is 37.6 Å². The molecular formula is C21H22Cl2N6OS. The number of carbonyl (C=O) groups excluding carboxylic acids is 1. The van der Waals surface area contributed by atoms with Crippen molar-refractivity contribution in [1.82, 2.24) is 19.7 Å². The number of carbonyl (C=O) groups is 1. The Morgan fingerprint density at radius 1 is 1.16 bits per heavy atom. The van der Waals surface area contributed by atoms with Gasteiger partial charge in [-0.05, 0) is 44.9 Å². The second kappa shape index (κ2) is 9.46. The van der Waals surface area contributed by atoms with Gasteiger partial charge in [-0.1, -0.05) is 52.7 Å². The summed E-state index contributed by atoms with van der Waals surface area (Å²) in [5, 5.41) is 12.5. The molecular weight excluding hydrogens is 455 g/mol. The van der Waals surface area contributed by atoms with Gasteiger partial charge in [0, 0.05) is 19.3 Å². The van der Waals surface area contributed by atoms with Crippen molar-refractivity contribution in [3.8, 4) is 5.69 Å². The number of pyridine rings is 1. The molecule has 1 saturated heterocycles. The molecule has 1 aromatic carbocycles. The van der Waals surface area contributed by atoms with Gasteiger partial charge in [-0.25, -0.2) is 4.98 Å². The van der Waals surface area contributed by atoms with Crippen molar-refractivity contribution in [3.63, 3.8) is 0 Å². The number of aryl methyl sites for hydroxylation is 1. The van der Waals surface area contributed by atoms with Crippen LogP contribution in [0.1, 0.15) is 25.3 Å². The number of halogens is 2. The van der Waals surface area contributed by atoms with E-state index in [1.807, 2.05) is 23.6 Å². The van der Waals surface area contributed by atoms with Crippen LogP contribution in [0.25, 0.3) is 5.69 Å². The van der Waals surface area contributed by atoms with Crippen molar-refractivity contribution in [2.24, 2.45) is 0 Å². The average Bonchev–Trinajstić information content (AvgIpc) is 3.40. The third-order valence-electron chi connectivity index (χ3n) is 5.00. The van der Waals surface area contributed by atoms with Crippen LogP contribution in [0.3, 0.4) is 0 Å². The lowest BCUT2D eigenvalue weighted by Crippen LogP contribution is -2.24. The summed E-state index contributed by atoms with van der Waals surface area (Å²) in [7, 11) is 0. The van der Waals surface area contributed by atoms with Crippen molar-refractivity contribution in [2.45, 2.75) is 37.1 Å². The maximum atomic E-state index is 12.8. The molecule has 0 bridgehead atoms. The zero-order chi connectivity index (χ0) is 22.0. The molecule has 1 amide bonds. The number of hydrogen-bond donors (Lipinski definition) is 1. The number of hydrogen-bond acceptors (Lipinski definition) is 6. The molecule has 0 spiro atoms. The summed E-state index contributed by atoms with van der Waals surface area (Å²) >= 11 is 13.4. The molecule has 3 aromatic rings. The molecule has 0 saturated carbocycles. The van der Waals surface area contributed by atoms with E-state index in [1.165, 1.54) is 23.5 Å². The monoisotopic (exact) mass is 476 g/mol. The molecule has 2 aromatic heterocycles. The lowest BCUT2D eigenvalue weighted by atomic mass is 10.2. The molecule has 1 atom stereocenters. The third-order valence-corrected chi connectivity index (χ3v) is 6.54. The van der Waals surface area contributed by atoms with Crippen LogP contribution in [-0.4, -0.2) is 44.0 Å². The normalized spacial score (nSPS) is 14.6. The van der Waals surface area contributed by atoms with E-state index in [9.17, 15) is 4.79 Å². The molecule has 4 rings (SSSR count). The van der Waals surface area contributed by atoms with Gasteiger partial charge in [-0.3, -0.25) is 9.36 Å². The number of rotatable bonds is 6. The minimum absolute atomic E-state index is 0.233. The Hall–Kier alpha value is -2.29. The van der Waals surface area contributed by atoms with Gasteiger partial charge < -0.3 is 10.2 Å². The molecule has 7 nitrogen and oxygen atoms in total. The predicted molar refractivity (Wildman–Crippen MR) is 126 cm³/mol. The van der Waals surface area contributed by atoms with E-state index in [4.69, 9.17) is 23.2 Å². The number of thioether (sulfide) groups is 1. The van der Waals surface area contributed by atoms with Crippen LogP contribution in [0.15, 0.2) is 41.7 Å². The van der Waals surface area contributed by atoms with Gasteiger partial charge in [0.2, 0.25) is 11.9 Å². The average molecular weight is 477 g/mol. The molecule has 1 unspecified atom stereocenters. The van der Waals surface area contributed by atoms with E-state index in [2.05, 4.69) is 44.5 Å². The first kappa shape index (κ1) is 21.9. The first-order valence-electron chi connectivity index (χ1n) is 9.98. The summed E-state index contributed by atoms with van der Waals surface area (Å²) in [5.74, 6) is 0.850. The minimum Gasteiger partial charge on any atom is -0.341 e. The molecule has 0 radical (unpaired) electrons. The van der Waals surface area contributed by atoms with Crippen molar-refractivity contribution < 1.29 is 4.79 Å². The fourth-order valence-corrected chi connectivity index (χ4v) is 4.61. The highest BCUT2D eigenvalue weighted by molar-refractivity contribution is 8.00. The number of nitrogens with one attached hydrogen (secondary N) is 1. The van der Waals surface area contributed by atoms with E-state index < -0.39 is 5.25 Å². The molecule has 31 heavy (non-hydrogen) atoms. The second-order valence-corrected chi connectivity index (χ2v) is 9.53. The maximum absolute atomic E-state index is 12.8. The van der Waals surface area contributed by atoms with E-state index in [1.54, 1.807) is 6.07 Å². The highest BCUT2D eigenvalue weighted by Crippen LogP contribution is 2.31. The van der Waals surface area contributed by atoms with Crippen molar-refractivity contribution in [2.75, 3.05) is 23.3 Å². The van der Waals surface area contributed by atoms with Crippen LogP contribution >= 0.6 is 35.0 Å². The van der Waals surface area contributed by atoms with Crippen molar-refractivity contribution in [3.05, 3.63) is 52.1 Å². The molecule has 1 aliphatic heterocycles. The maximum Gasteiger partial charge on any atom is 0.238 e. The van der Waals surface area contributed by atoms with Crippen LogP contribution in [-0.2, 0) is 4.79 Å². The lowest BCUT2D eigenvalue weighted by Gasteiger charge is -2.19. The van der Waals surface area contributed by atoms with Crippen LogP contribution < -0.4 is 10.2 Å². The topological polar surface area (TPSA) is 75.9 Å². The molecule has 10 heteroatoms. The Labute approximate surface area is 195 Å². The van der Waals surface area contributed by atoms with E-state index >= 15 is 0 Å². The fraction of sp³-hybridized carbons (Fsp3) is 0.333. The Bertz CT molecular complexity index is 1080. The third kappa shape index (κ3) is 4.97. The highest BCUT2D eigenvalue weighted by atomic mass is 35.5. The number of aromatic nitrogens is 4. The quantitative estimate of drug-likeness (QED) is 0.504. The van der Waals surface area contributed by atoms with Gasteiger partial charge in [0.25, 0.3) is 0 Å². The highest BCUT2D eigenvalue weighted by Gasteiger charge is 2.25. The summed E-state index contributed by atoms with van der Waals surface area (Å²) in [6.07, 6.45) is 3.71. The largest absolute Gasteiger partial charge is 0.341 e. The van der Waals surface area contributed by atoms with Gasteiger partial charge in [-0.2, -0.15) is 0 Å². The molecule has 3 heterocycles. The number of anilines is 2. The van der Waals surface area contributed by atoms with Gasteiger partial charge >= 0.3 is 0 Å². The zero-order valence-corrected chi connectivity index (χ0v) is 19.5. The number of amides is 1. The summed E-state index contributed by atoms with van der Waals surface area (Å²) in [6.45, 7) is 5.76. The Morgan fingerprint density at radius 3 is 2.55 bits per heavy atom. The molecule has 1 N–H and O–H groups in total. The number of benzene rings is 1. The zero-order valence-electron chi connectivity index (χ0n) is 17.2. The van der Waals surface area contributed by atoms with Crippen molar-refractivity contribution >= 4 is 52.6 Å². The molecule has 1 aliphatic rings. The van der Waals surface area contributed by atoms with E-state index in [0.29, 0.717) is 10.2 Å². The SMILES string of the molecule is Cc1ccc(-n2c(SC(C)C(=O)Nc3ncc(Cl)cc3Cl)nnc2N2CCCC2)cc1. The van der Waals surface area contributed by atoms with Crippen LogP contribution in [0.4, 0.5) is 11.8 Å². The standard InChI is InChI=1S/C21H22Cl2N6OS/c1-13-5-7-16(8-6-13)29-20(28-9-3-4-10-28)26-27-21(29)31-14(2)19(30)25-18-17(23)11-15(22)12-24-18/h5-8,11-12,14H,3-4,9-10H2,1-2H3,(H,24,25,30). The molecule has 162 valence electrons. The van der Waals surface area contributed by atoms with Crippen LogP contribution in [0, 0.1) is 6.92 Å². The Morgan fingerprint density at radius 2 is 1.87 bits per heavy atom. The van der Waals surface area contributed by atoms with Gasteiger partial charge in [0.05, 0.1) is 21.0 Å². The Kier molecular flexibility index (Phi) is 6.69. The van der Waals surface area contributed by atoms with Gasteiger partial charge in [-0.15, -0.1) is 10.2 Å².